The summed E-state index contributed by atoms with van der Waals surface area (Å²) in [4.78, 5) is 26.8. The highest BCUT2D eigenvalue weighted by Crippen LogP contribution is 2.38. The molecule has 2 aromatic heterocycles. The molecule has 6 rings (SSSR count). The van der Waals surface area contributed by atoms with Gasteiger partial charge < -0.3 is 9.32 Å². The lowest BCUT2D eigenvalue weighted by Crippen LogP contribution is -2.30. The van der Waals surface area contributed by atoms with Crippen molar-refractivity contribution in [1.29, 1.82) is 0 Å². The van der Waals surface area contributed by atoms with Crippen molar-refractivity contribution >= 4 is 16.9 Å². The number of benzene rings is 2. The van der Waals surface area contributed by atoms with Gasteiger partial charge in [0.25, 0.3) is 0 Å². The number of aromatic nitrogens is 3. The predicted molar refractivity (Wildman–Crippen MR) is 126 cm³/mol. The number of furan rings is 1. The first-order valence-electron chi connectivity index (χ1n) is 11.9. The molecule has 0 radical (unpaired) electrons. The Bertz CT molecular complexity index is 1510. The number of H-pyrrole nitrogens is 1. The van der Waals surface area contributed by atoms with Crippen LogP contribution in [-0.4, -0.2) is 38.7 Å². The van der Waals surface area contributed by atoms with Crippen molar-refractivity contribution in [2.75, 3.05) is 13.1 Å². The van der Waals surface area contributed by atoms with Gasteiger partial charge in [0.1, 0.15) is 11.4 Å². The molecular weight excluding hydrogens is 473 g/mol. The summed E-state index contributed by atoms with van der Waals surface area (Å²) >= 11 is 0. The van der Waals surface area contributed by atoms with Crippen molar-refractivity contribution in [3.8, 4) is 16.8 Å². The molecular formula is C26H23F3N4O3. The Morgan fingerprint density at radius 3 is 2.64 bits per heavy atom. The number of alkyl halides is 3. The Kier molecular flexibility index (Phi) is 5.27. The number of amides is 1. The van der Waals surface area contributed by atoms with Crippen LogP contribution in [0.15, 0.2) is 57.9 Å². The number of rotatable bonds is 5. The molecule has 36 heavy (non-hydrogen) atoms. The molecule has 1 saturated carbocycles. The summed E-state index contributed by atoms with van der Waals surface area (Å²) < 4.78 is 49.0. The van der Waals surface area contributed by atoms with Gasteiger partial charge in [0.15, 0.2) is 0 Å². The minimum Gasteiger partial charge on any atom is -0.464 e. The third-order valence-corrected chi connectivity index (χ3v) is 7.07. The van der Waals surface area contributed by atoms with Gasteiger partial charge in [0, 0.05) is 30.8 Å². The number of aromatic amines is 1. The van der Waals surface area contributed by atoms with Gasteiger partial charge in [-0.15, -0.1) is 0 Å². The molecule has 1 N–H and O–H groups in total. The number of carbonyl (C=O) groups is 1. The summed E-state index contributed by atoms with van der Waals surface area (Å²) in [6.07, 6.45) is -0.308. The molecule has 10 heteroatoms. The second-order valence-corrected chi connectivity index (χ2v) is 9.60. The zero-order chi connectivity index (χ0) is 25.0. The molecule has 1 aliphatic heterocycles. The van der Waals surface area contributed by atoms with E-state index in [9.17, 15) is 22.8 Å². The highest BCUT2D eigenvalue weighted by molar-refractivity contribution is 5.84. The maximum Gasteiger partial charge on any atom is 0.418 e. The lowest BCUT2D eigenvalue weighted by Gasteiger charge is -2.18. The third-order valence-electron chi connectivity index (χ3n) is 7.07. The maximum absolute atomic E-state index is 14.2. The summed E-state index contributed by atoms with van der Waals surface area (Å²) in [6, 6.07) is 10.9. The average Bonchev–Trinajstić information content (AvgIpc) is 3.24. The smallest absolute Gasteiger partial charge is 0.418 e. The second-order valence-electron chi connectivity index (χ2n) is 9.60. The minimum absolute atomic E-state index is 0.0250. The molecule has 1 amide bonds. The Labute approximate surface area is 203 Å². The molecule has 2 aliphatic rings. The van der Waals surface area contributed by atoms with E-state index in [1.807, 2.05) is 4.90 Å². The van der Waals surface area contributed by atoms with E-state index in [-0.39, 0.29) is 29.3 Å². The predicted octanol–water partition coefficient (Wildman–Crippen LogP) is 4.79. The lowest BCUT2D eigenvalue weighted by molar-refractivity contribution is -0.137. The summed E-state index contributed by atoms with van der Waals surface area (Å²) in [7, 11) is 0. The van der Waals surface area contributed by atoms with Crippen molar-refractivity contribution in [3.63, 3.8) is 0 Å². The zero-order valence-electron chi connectivity index (χ0n) is 19.2. The number of nitrogens with zero attached hydrogens (tertiary/aromatic N) is 3. The van der Waals surface area contributed by atoms with Crippen LogP contribution in [0.25, 0.3) is 27.8 Å². The van der Waals surface area contributed by atoms with Gasteiger partial charge in [0.2, 0.25) is 5.91 Å². The molecule has 4 aromatic rings. The standard InChI is InChI=1S/C26H23F3N4O3/c27-26(28,29)20-13-18(17-4-6-22-19(12-17)8-10-36-22)3-5-21(20)33-23(30-31-25(33)35)11-15-7-9-32(14-15)24(34)16-1-2-16/h3-6,8,10,12-13,15-16H,1-2,7,9,11,14H2,(H,31,35). The van der Waals surface area contributed by atoms with Crippen molar-refractivity contribution in [1.82, 2.24) is 19.7 Å². The van der Waals surface area contributed by atoms with E-state index >= 15 is 0 Å². The fourth-order valence-corrected chi connectivity index (χ4v) is 5.04. The molecule has 1 atom stereocenters. The van der Waals surface area contributed by atoms with Crippen LogP contribution in [-0.2, 0) is 17.4 Å². The highest BCUT2D eigenvalue weighted by atomic mass is 19.4. The molecule has 0 bridgehead atoms. The van der Waals surface area contributed by atoms with E-state index in [2.05, 4.69) is 10.2 Å². The third kappa shape index (κ3) is 4.10. The zero-order valence-corrected chi connectivity index (χ0v) is 19.2. The van der Waals surface area contributed by atoms with Crippen LogP contribution in [0.4, 0.5) is 13.2 Å². The van der Waals surface area contributed by atoms with Crippen LogP contribution in [0.5, 0.6) is 0 Å². The van der Waals surface area contributed by atoms with Crippen LogP contribution in [0.2, 0.25) is 0 Å². The van der Waals surface area contributed by atoms with Gasteiger partial charge in [-0.2, -0.15) is 18.3 Å². The molecule has 7 nitrogen and oxygen atoms in total. The molecule has 1 unspecified atom stereocenters. The lowest BCUT2D eigenvalue weighted by atomic mass is 10.00. The first kappa shape index (κ1) is 22.6. The molecule has 0 spiro atoms. The van der Waals surface area contributed by atoms with E-state index in [0.29, 0.717) is 36.2 Å². The minimum atomic E-state index is -4.69. The quantitative estimate of drug-likeness (QED) is 0.431. The van der Waals surface area contributed by atoms with Gasteiger partial charge in [-0.3, -0.25) is 4.79 Å². The summed E-state index contributed by atoms with van der Waals surface area (Å²) in [6.45, 7) is 1.15. The molecule has 3 heterocycles. The van der Waals surface area contributed by atoms with E-state index in [4.69, 9.17) is 4.42 Å². The van der Waals surface area contributed by atoms with Gasteiger partial charge in [-0.1, -0.05) is 12.1 Å². The number of hydrogen-bond donors (Lipinski definition) is 1. The van der Waals surface area contributed by atoms with E-state index < -0.39 is 17.4 Å². The van der Waals surface area contributed by atoms with Crippen LogP contribution in [0.1, 0.15) is 30.7 Å². The summed E-state index contributed by atoms with van der Waals surface area (Å²) in [5, 5.41) is 7.14. The number of nitrogens with one attached hydrogen (secondary N) is 1. The summed E-state index contributed by atoms with van der Waals surface area (Å²) in [5.41, 5.74) is -0.302. The van der Waals surface area contributed by atoms with Crippen LogP contribution >= 0.6 is 0 Å². The fourth-order valence-electron chi connectivity index (χ4n) is 5.04. The Morgan fingerprint density at radius 1 is 1.08 bits per heavy atom. The van der Waals surface area contributed by atoms with Crippen molar-refractivity contribution in [3.05, 3.63) is 70.6 Å². The highest BCUT2D eigenvalue weighted by Gasteiger charge is 2.38. The molecule has 2 fully saturated rings. The Balaban J connectivity index is 1.34. The van der Waals surface area contributed by atoms with E-state index in [1.165, 1.54) is 12.3 Å². The second kappa shape index (κ2) is 8.39. The molecule has 2 aromatic carbocycles. The van der Waals surface area contributed by atoms with Gasteiger partial charge >= 0.3 is 11.9 Å². The molecule has 1 aliphatic carbocycles. The van der Waals surface area contributed by atoms with E-state index in [0.717, 1.165) is 35.3 Å². The first-order chi connectivity index (χ1) is 17.3. The van der Waals surface area contributed by atoms with Crippen LogP contribution in [0.3, 0.4) is 0 Å². The normalized spacial score (nSPS) is 18.3. The van der Waals surface area contributed by atoms with Crippen LogP contribution < -0.4 is 5.69 Å². The van der Waals surface area contributed by atoms with Gasteiger partial charge in [-0.05, 0) is 66.6 Å². The van der Waals surface area contributed by atoms with Crippen LogP contribution in [0, 0.1) is 11.8 Å². The summed E-state index contributed by atoms with van der Waals surface area (Å²) in [5.74, 6) is 0.524. The SMILES string of the molecule is O=C(C1CC1)N1CCC(Cc2n[nH]c(=O)n2-c2ccc(-c3ccc4occc4c3)cc2C(F)(F)F)C1. The Morgan fingerprint density at radius 2 is 1.86 bits per heavy atom. The number of likely N-dealkylation sites (tertiary alicyclic amines) is 1. The number of fused-ring (bicyclic) bond motifs is 1. The topological polar surface area (TPSA) is 84.1 Å². The number of hydrogen-bond acceptors (Lipinski definition) is 4. The number of carbonyl (C=O) groups excluding carboxylic acids is 1. The average molecular weight is 496 g/mol. The maximum atomic E-state index is 14.2. The molecule has 186 valence electrons. The van der Waals surface area contributed by atoms with Crippen molar-refractivity contribution in [2.45, 2.75) is 31.9 Å². The first-order valence-corrected chi connectivity index (χ1v) is 11.9. The monoisotopic (exact) mass is 496 g/mol. The fraction of sp³-hybridized carbons (Fsp3) is 0.346. The van der Waals surface area contributed by atoms with E-state index in [1.54, 1.807) is 30.3 Å². The largest absolute Gasteiger partial charge is 0.464 e. The van der Waals surface area contributed by atoms with Crippen molar-refractivity contribution in [2.24, 2.45) is 11.8 Å². The number of halogens is 3. The molecule has 1 saturated heterocycles. The van der Waals surface area contributed by atoms with Gasteiger partial charge in [0.05, 0.1) is 17.5 Å². The van der Waals surface area contributed by atoms with Gasteiger partial charge in [-0.25, -0.2) is 14.5 Å². The Hall–Kier alpha value is -3.82. The van der Waals surface area contributed by atoms with Crippen molar-refractivity contribution < 1.29 is 22.4 Å².